The lowest BCUT2D eigenvalue weighted by Gasteiger charge is -2.00. The number of phenols is 1. The van der Waals surface area contributed by atoms with Gasteiger partial charge in [0.05, 0.1) is 8.95 Å². The van der Waals surface area contributed by atoms with Crippen LogP contribution >= 0.6 is 31.9 Å². The predicted octanol–water partition coefficient (Wildman–Crippen LogP) is 4.22. The molecule has 0 saturated heterocycles. The number of phenolic OH excluding ortho intramolecular Hbond substituents is 1. The van der Waals surface area contributed by atoms with Crippen molar-refractivity contribution in [2.24, 2.45) is 11.7 Å². The monoisotopic (exact) mass is 351 g/mol. The molecule has 2 nitrogen and oxygen atoms in total. The molecule has 0 heterocycles. The molecule has 3 N–H and O–H groups in total. The summed E-state index contributed by atoms with van der Waals surface area (Å²) in [6, 6.07) is 3.72. The Balaban J connectivity index is 0.000000325. The van der Waals surface area contributed by atoms with Gasteiger partial charge in [-0.2, -0.15) is 0 Å². The fourth-order valence-electron chi connectivity index (χ4n) is 1.03. The average Bonchev–Trinajstić information content (AvgIpc) is 2.14. The minimum Gasteiger partial charge on any atom is -0.506 e. The number of aromatic hydroxyl groups is 1. The van der Waals surface area contributed by atoms with Gasteiger partial charge in [0.1, 0.15) is 5.75 Å². The predicted molar refractivity (Wildman–Crippen MR) is 76.8 cm³/mol. The highest BCUT2D eigenvalue weighted by Gasteiger charge is 2.02. The number of benzene rings is 1. The van der Waals surface area contributed by atoms with E-state index in [1.165, 1.54) is 0 Å². The van der Waals surface area contributed by atoms with Crippen LogP contribution in [0.5, 0.6) is 5.75 Å². The fourth-order valence-corrected chi connectivity index (χ4v) is 2.44. The Kier molecular flexibility index (Phi) is 8.06. The highest BCUT2D eigenvalue weighted by molar-refractivity contribution is 9.11. The van der Waals surface area contributed by atoms with Crippen LogP contribution < -0.4 is 5.73 Å². The van der Waals surface area contributed by atoms with Gasteiger partial charge in [0, 0.05) is 0 Å². The van der Waals surface area contributed by atoms with E-state index in [9.17, 15) is 5.11 Å². The zero-order valence-corrected chi connectivity index (χ0v) is 13.1. The zero-order chi connectivity index (χ0) is 12.7. The van der Waals surface area contributed by atoms with Gasteiger partial charge in [-0.15, -0.1) is 0 Å². The molecule has 0 aromatic heterocycles. The fraction of sp³-hybridized carbons (Fsp3) is 0.500. The lowest BCUT2D eigenvalue weighted by Crippen LogP contribution is -2.01. The third-order valence-corrected chi connectivity index (χ3v) is 3.11. The normalized spacial score (nSPS) is 9.94. The van der Waals surface area contributed by atoms with Gasteiger partial charge in [-0.05, 0) is 75.4 Å². The summed E-state index contributed by atoms with van der Waals surface area (Å²) in [6.45, 7) is 7.15. The number of hydrogen-bond donors (Lipinski definition) is 2. The van der Waals surface area contributed by atoms with Gasteiger partial charge in [0.15, 0.2) is 0 Å². The summed E-state index contributed by atoms with van der Waals surface area (Å²) >= 11 is 6.43. The van der Waals surface area contributed by atoms with Gasteiger partial charge in [-0.1, -0.05) is 13.8 Å². The summed E-state index contributed by atoms with van der Waals surface area (Å²) in [5, 5.41) is 9.24. The maximum Gasteiger partial charge on any atom is 0.143 e. The summed E-state index contributed by atoms with van der Waals surface area (Å²) < 4.78 is 1.44. The first-order chi connectivity index (χ1) is 7.38. The van der Waals surface area contributed by atoms with Crippen molar-refractivity contribution in [3.05, 3.63) is 26.6 Å². The summed E-state index contributed by atoms with van der Waals surface area (Å²) in [6.07, 6.45) is 1.15. The molecule has 0 amide bonds. The molecular formula is C12H19Br2NO. The van der Waals surface area contributed by atoms with E-state index in [4.69, 9.17) is 5.73 Å². The van der Waals surface area contributed by atoms with E-state index in [1.807, 2.05) is 19.1 Å². The van der Waals surface area contributed by atoms with Crippen molar-refractivity contribution in [1.29, 1.82) is 0 Å². The molecule has 1 aromatic carbocycles. The number of halogens is 2. The van der Waals surface area contributed by atoms with Crippen molar-refractivity contribution in [1.82, 2.24) is 0 Å². The van der Waals surface area contributed by atoms with Gasteiger partial charge in [0.25, 0.3) is 0 Å². The van der Waals surface area contributed by atoms with E-state index < -0.39 is 0 Å². The number of hydrogen-bond acceptors (Lipinski definition) is 2. The number of rotatable bonds is 2. The molecule has 1 rings (SSSR count). The molecule has 0 radical (unpaired) electrons. The molecule has 0 spiro atoms. The summed E-state index contributed by atoms with van der Waals surface area (Å²) in [5.74, 6) is 1.03. The second-order valence-electron chi connectivity index (χ2n) is 4.05. The van der Waals surface area contributed by atoms with Crippen molar-refractivity contribution in [3.63, 3.8) is 0 Å². The lowest BCUT2D eigenvalue weighted by atomic mass is 10.1. The first-order valence-corrected chi connectivity index (χ1v) is 6.81. The van der Waals surface area contributed by atoms with Crippen LogP contribution in [-0.2, 0) is 0 Å². The quantitative estimate of drug-likeness (QED) is 0.837. The first-order valence-electron chi connectivity index (χ1n) is 5.23. The molecule has 0 saturated carbocycles. The molecule has 0 aliphatic rings. The molecule has 0 unspecified atom stereocenters. The zero-order valence-electron chi connectivity index (χ0n) is 9.93. The highest BCUT2D eigenvalue weighted by atomic mass is 79.9. The Bertz CT molecular complexity index is 304. The van der Waals surface area contributed by atoms with Crippen LogP contribution in [0.25, 0.3) is 0 Å². The van der Waals surface area contributed by atoms with E-state index in [0.29, 0.717) is 0 Å². The Morgan fingerprint density at radius 3 is 1.94 bits per heavy atom. The van der Waals surface area contributed by atoms with Gasteiger partial charge in [-0.25, -0.2) is 0 Å². The van der Waals surface area contributed by atoms with Crippen LogP contribution in [0.4, 0.5) is 0 Å². The first kappa shape index (κ1) is 15.9. The molecule has 0 fully saturated rings. The molecule has 0 atom stereocenters. The van der Waals surface area contributed by atoms with Crippen molar-refractivity contribution in [3.8, 4) is 5.75 Å². The van der Waals surface area contributed by atoms with Crippen molar-refractivity contribution >= 4 is 31.9 Å². The van der Waals surface area contributed by atoms with Crippen LogP contribution in [0.3, 0.4) is 0 Å². The molecule has 1 aromatic rings. The largest absolute Gasteiger partial charge is 0.506 e. The minimum absolute atomic E-state index is 0.255. The molecule has 0 aliphatic heterocycles. The Labute approximate surface area is 114 Å². The molecule has 4 heteroatoms. The Hall–Kier alpha value is -0.0600. The van der Waals surface area contributed by atoms with Crippen LogP contribution in [0.15, 0.2) is 21.1 Å². The second-order valence-corrected chi connectivity index (χ2v) is 5.76. The Morgan fingerprint density at radius 1 is 1.25 bits per heavy atom. The van der Waals surface area contributed by atoms with E-state index in [-0.39, 0.29) is 5.75 Å². The number of nitrogens with two attached hydrogens (primary N) is 1. The standard InChI is InChI=1S/C7H6Br2O.C5H13N/c1-4-2-5(8)7(10)6(9)3-4;1-5(2)3-4-6/h2-3,10H,1H3;5H,3-4,6H2,1-2H3. The van der Waals surface area contributed by atoms with Crippen molar-refractivity contribution in [2.75, 3.05) is 6.54 Å². The summed E-state index contributed by atoms with van der Waals surface area (Å²) in [7, 11) is 0. The van der Waals surface area contributed by atoms with Gasteiger partial charge >= 0.3 is 0 Å². The third-order valence-electron chi connectivity index (χ3n) is 1.91. The maximum atomic E-state index is 9.24. The van der Waals surface area contributed by atoms with Crippen LogP contribution in [0.2, 0.25) is 0 Å². The summed E-state index contributed by atoms with van der Waals surface area (Å²) in [5.41, 5.74) is 6.34. The van der Waals surface area contributed by atoms with Crippen LogP contribution in [0.1, 0.15) is 25.8 Å². The third kappa shape index (κ3) is 6.51. The van der Waals surface area contributed by atoms with Gasteiger partial charge < -0.3 is 10.8 Å². The molecule has 92 valence electrons. The van der Waals surface area contributed by atoms with Crippen LogP contribution in [-0.4, -0.2) is 11.7 Å². The van der Waals surface area contributed by atoms with E-state index >= 15 is 0 Å². The molecule has 16 heavy (non-hydrogen) atoms. The average molecular weight is 353 g/mol. The lowest BCUT2D eigenvalue weighted by molar-refractivity contribution is 0.468. The second kappa shape index (κ2) is 8.09. The molecule has 0 bridgehead atoms. The maximum absolute atomic E-state index is 9.24. The van der Waals surface area contributed by atoms with E-state index in [0.717, 1.165) is 33.4 Å². The highest BCUT2D eigenvalue weighted by Crippen LogP contribution is 2.32. The molecule has 0 aliphatic carbocycles. The minimum atomic E-state index is 0.255. The molecular weight excluding hydrogens is 334 g/mol. The number of aryl methyl sites for hydroxylation is 1. The summed E-state index contributed by atoms with van der Waals surface area (Å²) in [4.78, 5) is 0. The van der Waals surface area contributed by atoms with E-state index in [1.54, 1.807) is 0 Å². The van der Waals surface area contributed by atoms with Gasteiger partial charge in [0.2, 0.25) is 0 Å². The van der Waals surface area contributed by atoms with Crippen molar-refractivity contribution < 1.29 is 5.11 Å². The van der Waals surface area contributed by atoms with Crippen molar-refractivity contribution in [2.45, 2.75) is 27.2 Å². The van der Waals surface area contributed by atoms with Crippen LogP contribution in [0, 0.1) is 12.8 Å². The topological polar surface area (TPSA) is 46.2 Å². The van der Waals surface area contributed by atoms with E-state index in [2.05, 4.69) is 45.7 Å². The smallest absolute Gasteiger partial charge is 0.143 e. The SMILES string of the molecule is CC(C)CCN.Cc1cc(Br)c(O)c(Br)c1. The Morgan fingerprint density at radius 2 is 1.69 bits per heavy atom. The van der Waals surface area contributed by atoms with Gasteiger partial charge in [-0.3, -0.25) is 0 Å².